The van der Waals surface area contributed by atoms with E-state index in [2.05, 4.69) is 0 Å². The maximum absolute atomic E-state index is 12.8. The molecule has 0 saturated heterocycles. The summed E-state index contributed by atoms with van der Waals surface area (Å²) in [4.78, 5) is 11.6. The molecule has 0 aliphatic carbocycles. The quantitative estimate of drug-likeness (QED) is 0.780. The van der Waals surface area contributed by atoms with E-state index in [0.717, 1.165) is 12.1 Å². The molecule has 0 bridgehead atoms. The molecule has 1 N–H and O–H groups in total. The van der Waals surface area contributed by atoms with Crippen molar-refractivity contribution in [2.75, 3.05) is 6.61 Å². The summed E-state index contributed by atoms with van der Waals surface area (Å²) in [6.07, 6.45) is 0.467. The monoisotopic (exact) mass is 214 g/mol. The molecular weight excluding hydrogens is 202 g/mol. The Bertz CT molecular complexity index is 360. The molecule has 0 fully saturated rings. The van der Waals surface area contributed by atoms with E-state index < -0.39 is 17.6 Å². The summed E-state index contributed by atoms with van der Waals surface area (Å²) in [5.41, 5.74) is 0.0924. The third-order valence-electron chi connectivity index (χ3n) is 2.29. The van der Waals surface area contributed by atoms with Gasteiger partial charge >= 0.3 is 0 Å². The Kier molecular flexibility index (Phi) is 3.91. The molecule has 1 unspecified atom stereocenters. The normalized spacial score (nSPS) is 12.5. The Morgan fingerprint density at radius 2 is 2.07 bits per heavy atom. The van der Waals surface area contributed by atoms with Gasteiger partial charge in [0, 0.05) is 11.5 Å². The summed E-state index contributed by atoms with van der Waals surface area (Å²) in [5.74, 6) is -2.94. The average Bonchev–Trinajstić information content (AvgIpc) is 2.23. The van der Waals surface area contributed by atoms with Gasteiger partial charge in [0.1, 0.15) is 0 Å². The van der Waals surface area contributed by atoms with Crippen LogP contribution in [-0.4, -0.2) is 17.5 Å². The first-order chi connectivity index (χ1) is 7.10. The second-order valence-corrected chi connectivity index (χ2v) is 3.28. The number of hydrogen-bond acceptors (Lipinski definition) is 2. The summed E-state index contributed by atoms with van der Waals surface area (Å²) < 4.78 is 25.4. The molecule has 4 heteroatoms. The number of carbonyl (C=O) groups is 1. The van der Waals surface area contributed by atoms with Crippen LogP contribution in [0.4, 0.5) is 8.78 Å². The highest BCUT2D eigenvalue weighted by atomic mass is 19.2. The lowest BCUT2D eigenvalue weighted by Gasteiger charge is -2.10. The fourth-order valence-electron chi connectivity index (χ4n) is 1.28. The summed E-state index contributed by atoms with van der Waals surface area (Å²) in [5, 5.41) is 8.89. The molecule has 0 radical (unpaired) electrons. The van der Waals surface area contributed by atoms with Gasteiger partial charge in [0.05, 0.1) is 6.61 Å². The topological polar surface area (TPSA) is 37.3 Å². The third kappa shape index (κ3) is 2.59. The van der Waals surface area contributed by atoms with Crippen LogP contribution >= 0.6 is 0 Å². The smallest absolute Gasteiger partial charge is 0.168 e. The zero-order chi connectivity index (χ0) is 11.4. The number of aliphatic hydroxyl groups excluding tert-OH is 1. The fourth-order valence-corrected chi connectivity index (χ4v) is 1.28. The zero-order valence-corrected chi connectivity index (χ0v) is 8.34. The van der Waals surface area contributed by atoms with Crippen LogP contribution in [0.3, 0.4) is 0 Å². The minimum atomic E-state index is -1.05. The first-order valence-corrected chi connectivity index (χ1v) is 4.70. The van der Waals surface area contributed by atoms with Gasteiger partial charge in [-0.15, -0.1) is 0 Å². The number of aliphatic hydroxyl groups is 1. The Balaban J connectivity index is 2.96. The van der Waals surface area contributed by atoms with E-state index in [9.17, 15) is 13.6 Å². The van der Waals surface area contributed by atoms with Crippen LogP contribution in [-0.2, 0) is 0 Å². The van der Waals surface area contributed by atoms with Crippen molar-refractivity contribution < 1.29 is 18.7 Å². The van der Waals surface area contributed by atoms with E-state index >= 15 is 0 Å². The van der Waals surface area contributed by atoms with Crippen LogP contribution in [0.15, 0.2) is 18.2 Å². The highest BCUT2D eigenvalue weighted by Gasteiger charge is 2.18. The van der Waals surface area contributed by atoms with Gasteiger partial charge in [-0.05, 0) is 24.6 Å². The molecule has 0 aliphatic rings. The van der Waals surface area contributed by atoms with Crippen LogP contribution < -0.4 is 0 Å². The summed E-state index contributed by atoms with van der Waals surface area (Å²) >= 11 is 0. The maximum Gasteiger partial charge on any atom is 0.168 e. The lowest BCUT2D eigenvalue weighted by atomic mass is 9.96. The van der Waals surface area contributed by atoms with Crippen LogP contribution in [0.5, 0.6) is 0 Å². The van der Waals surface area contributed by atoms with Crippen molar-refractivity contribution in [2.45, 2.75) is 13.3 Å². The van der Waals surface area contributed by atoms with Gasteiger partial charge in [0.15, 0.2) is 17.4 Å². The molecule has 0 amide bonds. The number of ketones is 1. The highest BCUT2D eigenvalue weighted by molar-refractivity contribution is 5.97. The molecule has 0 heterocycles. The van der Waals surface area contributed by atoms with Gasteiger partial charge in [0.25, 0.3) is 0 Å². The number of rotatable bonds is 4. The molecule has 82 valence electrons. The molecular formula is C11H12F2O2. The predicted octanol–water partition coefficient (Wildman–Crippen LogP) is 2.17. The summed E-state index contributed by atoms with van der Waals surface area (Å²) in [7, 11) is 0. The lowest BCUT2D eigenvalue weighted by molar-refractivity contribution is 0.0856. The number of Topliss-reactive ketones (excluding diaryl/α,β-unsaturated/α-hetero) is 1. The van der Waals surface area contributed by atoms with Crippen LogP contribution in [0.2, 0.25) is 0 Å². The van der Waals surface area contributed by atoms with Gasteiger partial charge in [-0.1, -0.05) is 6.92 Å². The number of carbonyl (C=O) groups excluding carboxylic acids is 1. The van der Waals surface area contributed by atoms with Gasteiger partial charge < -0.3 is 5.11 Å². The van der Waals surface area contributed by atoms with Crippen molar-refractivity contribution in [3.63, 3.8) is 0 Å². The van der Waals surface area contributed by atoms with E-state index in [4.69, 9.17) is 5.11 Å². The molecule has 2 nitrogen and oxygen atoms in total. The van der Waals surface area contributed by atoms with Crippen molar-refractivity contribution in [2.24, 2.45) is 5.92 Å². The van der Waals surface area contributed by atoms with Crippen LogP contribution in [0, 0.1) is 17.6 Å². The van der Waals surface area contributed by atoms with E-state index in [-0.39, 0.29) is 18.0 Å². The first kappa shape index (κ1) is 11.8. The molecule has 1 rings (SSSR count). The number of benzene rings is 1. The Morgan fingerprint density at radius 1 is 1.40 bits per heavy atom. The van der Waals surface area contributed by atoms with E-state index in [1.54, 1.807) is 6.92 Å². The second kappa shape index (κ2) is 4.98. The highest BCUT2D eigenvalue weighted by Crippen LogP contribution is 2.15. The third-order valence-corrected chi connectivity index (χ3v) is 2.29. The lowest BCUT2D eigenvalue weighted by Crippen LogP contribution is -2.18. The predicted molar refractivity (Wildman–Crippen MR) is 51.6 cm³/mol. The second-order valence-electron chi connectivity index (χ2n) is 3.28. The molecule has 0 spiro atoms. The molecule has 0 aliphatic heterocycles. The van der Waals surface area contributed by atoms with Crippen LogP contribution in [0.1, 0.15) is 23.7 Å². The molecule has 0 saturated carbocycles. The Hall–Kier alpha value is -1.29. The summed E-state index contributed by atoms with van der Waals surface area (Å²) in [6, 6.07) is 2.99. The van der Waals surface area contributed by atoms with Crippen molar-refractivity contribution in [3.05, 3.63) is 35.4 Å². The van der Waals surface area contributed by atoms with E-state index in [1.165, 1.54) is 6.07 Å². The molecule has 15 heavy (non-hydrogen) atoms. The SMILES string of the molecule is CCC(CO)C(=O)c1ccc(F)c(F)c1. The van der Waals surface area contributed by atoms with Crippen LogP contribution in [0.25, 0.3) is 0 Å². The van der Waals surface area contributed by atoms with Gasteiger partial charge in [-0.2, -0.15) is 0 Å². The zero-order valence-electron chi connectivity index (χ0n) is 8.34. The maximum atomic E-state index is 12.8. The minimum Gasteiger partial charge on any atom is -0.396 e. The minimum absolute atomic E-state index is 0.0924. The average molecular weight is 214 g/mol. The fraction of sp³-hybridized carbons (Fsp3) is 0.364. The standard InChI is InChI=1S/C11H12F2O2/c1-2-7(6-14)11(15)8-3-4-9(12)10(13)5-8/h3-5,7,14H,2,6H2,1H3. The van der Waals surface area contributed by atoms with E-state index in [1.807, 2.05) is 0 Å². The van der Waals surface area contributed by atoms with Crippen molar-refractivity contribution in [1.82, 2.24) is 0 Å². The number of hydrogen-bond donors (Lipinski definition) is 1. The molecule has 1 atom stereocenters. The Labute approximate surface area is 86.5 Å². The molecule has 0 aromatic heterocycles. The van der Waals surface area contributed by atoms with Gasteiger partial charge in [-0.3, -0.25) is 4.79 Å². The largest absolute Gasteiger partial charge is 0.396 e. The Morgan fingerprint density at radius 3 is 2.53 bits per heavy atom. The van der Waals surface area contributed by atoms with Gasteiger partial charge in [-0.25, -0.2) is 8.78 Å². The number of halogens is 2. The molecule has 1 aromatic rings. The van der Waals surface area contributed by atoms with Gasteiger partial charge in [0.2, 0.25) is 0 Å². The van der Waals surface area contributed by atoms with Crippen molar-refractivity contribution in [1.29, 1.82) is 0 Å². The first-order valence-electron chi connectivity index (χ1n) is 4.70. The van der Waals surface area contributed by atoms with Crippen molar-refractivity contribution >= 4 is 5.78 Å². The summed E-state index contributed by atoms with van der Waals surface area (Å²) in [6.45, 7) is 1.47. The van der Waals surface area contributed by atoms with Crippen molar-refractivity contribution in [3.8, 4) is 0 Å². The van der Waals surface area contributed by atoms with E-state index in [0.29, 0.717) is 6.42 Å². The molecule has 1 aromatic carbocycles.